The highest BCUT2D eigenvalue weighted by atomic mass is 35.5. The Bertz CT molecular complexity index is 577. The molecule has 0 fully saturated rings. The maximum atomic E-state index is 12.9. The van der Waals surface area contributed by atoms with Crippen LogP contribution < -0.4 is 4.74 Å². The number of hydrogen-bond donors (Lipinski definition) is 0. The van der Waals surface area contributed by atoms with E-state index in [-0.39, 0.29) is 16.8 Å². The summed E-state index contributed by atoms with van der Waals surface area (Å²) in [4.78, 5) is 3.88. The standard InChI is InChI=1S/C12H7Cl3FNO/c13-9-5-8(2-3-10(9)16)18-6-7-1-4-11(14)17-12(7)15/h1-5H,6H2. The van der Waals surface area contributed by atoms with Gasteiger partial charge in [0.2, 0.25) is 0 Å². The van der Waals surface area contributed by atoms with Crippen LogP contribution in [0.1, 0.15) is 5.56 Å². The molecular formula is C12H7Cl3FNO. The Morgan fingerprint density at radius 1 is 1.11 bits per heavy atom. The van der Waals surface area contributed by atoms with Crippen LogP contribution in [0.3, 0.4) is 0 Å². The smallest absolute Gasteiger partial charge is 0.142 e. The first-order valence-corrected chi connectivity index (χ1v) is 6.08. The minimum absolute atomic E-state index is 0.00725. The van der Waals surface area contributed by atoms with Gasteiger partial charge in [0.25, 0.3) is 0 Å². The van der Waals surface area contributed by atoms with Crippen molar-refractivity contribution >= 4 is 34.8 Å². The molecule has 94 valence electrons. The molecule has 0 spiro atoms. The summed E-state index contributed by atoms with van der Waals surface area (Å²) in [6.07, 6.45) is 0. The highest BCUT2D eigenvalue weighted by Gasteiger charge is 2.05. The van der Waals surface area contributed by atoms with Crippen molar-refractivity contribution in [1.29, 1.82) is 0 Å². The molecule has 0 unspecified atom stereocenters. The van der Waals surface area contributed by atoms with Gasteiger partial charge in [0.1, 0.15) is 28.5 Å². The fraction of sp³-hybridized carbons (Fsp3) is 0.0833. The van der Waals surface area contributed by atoms with E-state index < -0.39 is 5.82 Å². The predicted molar refractivity (Wildman–Crippen MR) is 70.0 cm³/mol. The van der Waals surface area contributed by atoms with Gasteiger partial charge in [-0.05, 0) is 24.3 Å². The molecule has 6 heteroatoms. The van der Waals surface area contributed by atoms with Crippen LogP contribution in [0, 0.1) is 5.82 Å². The molecule has 0 saturated carbocycles. The summed E-state index contributed by atoms with van der Waals surface area (Å²) in [6.45, 7) is 0.199. The molecular weight excluding hydrogens is 299 g/mol. The summed E-state index contributed by atoms with van der Waals surface area (Å²) < 4.78 is 18.4. The molecule has 2 rings (SSSR count). The lowest BCUT2D eigenvalue weighted by atomic mass is 10.3. The average Bonchev–Trinajstić information content (AvgIpc) is 2.32. The summed E-state index contributed by atoms with van der Waals surface area (Å²) in [5.74, 6) is -0.0392. The molecule has 0 aliphatic heterocycles. The maximum Gasteiger partial charge on any atom is 0.142 e. The van der Waals surface area contributed by atoms with Crippen molar-refractivity contribution in [3.05, 3.63) is 57.0 Å². The number of ether oxygens (including phenoxy) is 1. The Morgan fingerprint density at radius 2 is 1.89 bits per heavy atom. The topological polar surface area (TPSA) is 22.1 Å². The summed E-state index contributed by atoms with van der Waals surface area (Å²) >= 11 is 17.2. The Morgan fingerprint density at radius 3 is 2.56 bits per heavy atom. The second-order valence-electron chi connectivity index (χ2n) is 3.45. The fourth-order valence-electron chi connectivity index (χ4n) is 1.28. The first-order valence-electron chi connectivity index (χ1n) is 4.95. The molecule has 0 saturated heterocycles. The van der Waals surface area contributed by atoms with E-state index in [0.717, 1.165) is 0 Å². The molecule has 0 radical (unpaired) electrons. The molecule has 0 bridgehead atoms. The van der Waals surface area contributed by atoms with Crippen LogP contribution in [0.2, 0.25) is 15.3 Å². The van der Waals surface area contributed by atoms with E-state index >= 15 is 0 Å². The number of aromatic nitrogens is 1. The van der Waals surface area contributed by atoms with Gasteiger partial charge in [0.15, 0.2) is 0 Å². The molecule has 1 aromatic carbocycles. The second kappa shape index (κ2) is 5.74. The maximum absolute atomic E-state index is 12.9. The van der Waals surface area contributed by atoms with Gasteiger partial charge in [-0.1, -0.05) is 34.8 Å². The highest BCUT2D eigenvalue weighted by Crippen LogP contribution is 2.23. The summed E-state index contributed by atoms with van der Waals surface area (Å²) in [5, 5.41) is 0.595. The number of nitrogens with zero attached hydrogens (tertiary/aromatic N) is 1. The molecule has 18 heavy (non-hydrogen) atoms. The van der Waals surface area contributed by atoms with E-state index in [9.17, 15) is 4.39 Å². The zero-order valence-electron chi connectivity index (χ0n) is 8.96. The highest BCUT2D eigenvalue weighted by molar-refractivity contribution is 6.32. The van der Waals surface area contributed by atoms with E-state index in [2.05, 4.69) is 4.98 Å². The normalized spacial score (nSPS) is 10.4. The van der Waals surface area contributed by atoms with Crippen LogP contribution in [0.25, 0.3) is 0 Å². The zero-order valence-corrected chi connectivity index (χ0v) is 11.2. The van der Waals surface area contributed by atoms with Crippen LogP contribution in [-0.4, -0.2) is 4.98 Å². The third-order valence-electron chi connectivity index (χ3n) is 2.18. The number of halogens is 4. The molecule has 1 aromatic heterocycles. The Kier molecular flexibility index (Phi) is 4.27. The monoisotopic (exact) mass is 305 g/mol. The van der Waals surface area contributed by atoms with Crippen LogP contribution >= 0.6 is 34.8 Å². The van der Waals surface area contributed by atoms with Crippen LogP contribution in [0.4, 0.5) is 4.39 Å². The zero-order chi connectivity index (χ0) is 13.1. The van der Waals surface area contributed by atoms with E-state index in [0.29, 0.717) is 16.5 Å². The van der Waals surface area contributed by atoms with Crippen LogP contribution in [0.5, 0.6) is 5.75 Å². The second-order valence-corrected chi connectivity index (χ2v) is 4.60. The van der Waals surface area contributed by atoms with Gasteiger partial charge in [0.05, 0.1) is 5.02 Å². The SMILES string of the molecule is Fc1ccc(OCc2ccc(Cl)nc2Cl)cc1Cl. The van der Waals surface area contributed by atoms with Crippen LogP contribution in [-0.2, 0) is 6.61 Å². The third-order valence-corrected chi connectivity index (χ3v) is 3.00. The Hall–Kier alpha value is -1.03. The number of rotatable bonds is 3. The third kappa shape index (κ3) is 3.25. The van der Waals surface area contributed by atoms with Gasteiger partial charge in [-0.15, -0.1) is 0 Å². The van der Waals surface area contributed by atoms with Crippen molar-refractivity contribution in [2.45, 2.75) is 6.61 Å². The van der Waals surface area contributed by atoms with Gasteiger partial charge in [-0.2, -0.15) is 0 Å². The molecule has 2 nitrogen and oxygen atoms in total. The summed E-state index contributed by atoms with van der Waals surface area (Å²) in [5.41, 5.74) is 0.682. The first-order chi connectivity index (χ1) is 8.56. The Labute approximate surface area is 118 Å². The molecule has 0 atom stereocenters. The lowest BCUT2D eigenvalue weighted by Crippen LogP contribution is -1.98. The van der Waals surface area contributed by atoms with Gasteiger partial charge in [-0.3, -0.25) is 0 Å². The van der Waals surface area contributed by atoms with Crippen molar-refractivity contribution in [2.24, 2.45) is 0 Å². The van der Waals surface area contributed by atoms with E-state index in [4.69, 9.17) is 39.5 Å². The number of hydrogen-bond acceptors (Lipinski definition) is 2. The van der Waals surface area contributed by atoms with Crippen molar-refractivity contribution in [3.63, 3.8) is 0 Å². The molecule has 0 N–H and O–H groups in total. The van der Waals surface area contributed by atoms with Crippen molar-refractivity contribution in [3.8, 4) is 5.75 Å². The molecule has 2 aromatic rings. The van der Waals surface area contributed by atoms with E-state index in [1.165, 1.54) is 18.2 Å². The molecule has 0 aliphatic carbocycles. The van der Waals surface area contributed by atoms with Gasteiger partial charge >= 0.3 is 0 Å². The molecule has 0 aliphatic rings. The van der Waals surface area contributed by atoms with Gasteiger partial charge in [-0.25, -0.2) is 9.37 Å². The quantitative estimate of drug-likeness (QED) is 0.763. The number of pyridine rings is 1. The molecule has 1 heterocycles. The van der Waals surface area contributed by atoms with Crippen molar-refractivity contribution < 1.29 is 9.13 Å². The fourth-order valence-corrected chi connectivity index (χ4v) is 1.85. The predicted octanol–water partition coefficient (Wildman–Crippen LogP) is 4.76. The molecule has 0 amide bonds. The van der Waals surface area contributed by atoms with Gasteiger partial charge in [0, 0.05) is 11.6 Å². The lowest BCUT2D eigenvalue weighted by molar-refractivity contribution is 0.305. The average molecular weight is 307 g/mol. The van der Waals surface area contributed by atoms with Gasteiger partial charge < -0.3 is 4.74 Å². The van der Waals surface area contributed by atoms with Crippen molar-refractivity contribution in [1.82, 2.24) is 4.98 Å². The van der Waals surface area contributed by atoms with E-state index in [1.807, 2.05) is 0 Å². The largest absolute Gasteiger partial charge is 0.489 e. The summed E-state index contributed by atoms with van der Waals surface area (Å²) in [7, 11) is 0. The lowest BCUT2D eigenvalue weighted by Gasteiger charge is -2.08. The minimum Gasteiger partial charge on any atom is -0.489 e. The Balaban J connectivity index is 2.09. The minimum atomic E-state index is -0.491. The summed E-state index contributed by atoms with van der Waals surface area (Å²) in [6, 6.07) is 7.44. The first kappa shape index (κ1) is 13.4. The van der Waals surface area contributed by atoms with E-state index in [1.54, 1.807) is 12.1 Å². The van der Waals surface area contributed by atoms with Crippen molar-refractivity contribution in [2.75, 3.05) is 0 Å². The number of benzene rings is 1. The van der Waals surface area contributed by atoms with Crippen LogP contribution in [0.15, 0.2) is 30.3 Å².